The van der Waals surface area contributed by atoms with Crippen LogP contribution in [0.1, 0.15) is 142 Å². The molecule has 0 aliphatic heterocycles. The first-order valence-corrected chi connectivity index (χ1v) is 21.6. The van der Waals surface area contributed by atoms with Crippen molar-refractivity contribution in [2.45, 2.75) is 148 Å². The molecule has 0 aliphatic carbocycles. The zero-order valence-corrected chi connectivity index (χ0v) is 33.9. The van der Waals surface area contributed by atoms with E-state index in [1.54, 1.807) is 0 Å². The van der Waals surface area contributed by atoms with Crippen LogP contribution in [0.15, 0.2) is 85.1 Å². The van der Waals surface area contributed by atoms with Gasteiger partial charge in [0, 0.05) is 19.4 Å². The van der Waals surface area contributed by atoms with E-state index in [-0.39, 0.29) is 32.6 Å². The van der Waals surface area contributed by atoms with Crippen LogP contribution in [-0.4, -0.2) is 49.3 Å². The Hall–Kier alpha value is -2.81. The first kappa shape index (κ1) is 50.2. The van der Waals surface area contributed by atoms with Gasteiger partial charge in [-0.05, 0) is 89.9 Å². The van der Waals surface area contributed by atoms with Crippen molar-refractivity contribution in [2.75, 3.05) is 26.4 Å². The van der Waals surface area contributed by atoms with Crippen LogP contribution in [0.25, 0.3) is 0 Å². The first-order valence-electron chi connectivity index (χ1n) is 20.1. The fourth-order valence-electron chi connectivity index (χ4n) is 4.81. The third kappa shape index (κ3) is 38.7. The monoisotopic (exact) mass is 761 g/mol. The molecule has 0 amide bonds. The van der Waals surface area contributed by atoms with Crippen molar-refractivity contribution in [3.63, 3.8) is 0 Å². The smallest absolute Gasteiger partial charge is 0.462 e. The van der Waals surface area contributed by atoms with E-state index in [9.17, 15) is 19.0 Å². The minimum atomic E-state index is -4.40. The van der Waals surface area contributed by atoms with Crippen molar-refractivity contribution in [3.8, 4) is 0 Å². The Bertz CT molecular complexity index is 1140. The van der Waals surface area contributed by atoms with Gasteiger partial charge in [-0.25, -0.2) is 4.57 Å². The number of hydrogen-bond acceptors (Lipinski definition) is 8. The van der Waals surface area contributed by atoms with Crippen LogP contribution in [0, 0.1) is 0 Å². The maximum Gasteiger partial charge on any atom is 0.472 e. The Morgan fingerprint density at radius 2 is 1.04 bits per heavy atom. The van der Waals surface area contributed by atoms with Gasteiger partial charge in [-0.3, -0.25) is 18.6 Å². The summed E-state index contributed by atoms with van der Waals surface area (Å²) in [4.78, 5) is 34.8. The van der Waals surface area contributed by atoms with Gasteiger partial charge in [-0.1, -0.05) is 125 Å². The van der Waals surface area contributed by atoms with Gasteiger partial charge in [-0.15, -0.1) is 0 Å². The maximum atomic E-state index is 12.5. The normalized spacial score (nSPS) is 14.3. The van der Waals surface area contributed by atoms with Crippen molar-refractivity contribution in [1.29, 1.82) is 0 Å². The molecule has 0 fully saturated rings. The van der Waals surface area contributed by atoms with Crippen molar-refractivity contribution in [2.24, 2.45) is 5.73 Å². The molecule has 0 heterocycles. The van der Waals surface area contributed by atoms with Crippen molar-refractivity contribution in [1.82, 2.24) is 0 Å². The van der Waals surface area contributed by atoms with E-state index < -0.39 is 32.5 Å². The maximum absolute atomic E-state index is 12.5. The number of nitrogens with two attached hydrogens (primary N) is 1. The third-order valence-corrected chi connectivity index (χ3v) is 8.75. The summed E-state index contributed by atoms with van der Waals surface area (Å²) in [7, 11) is -4.40. The molecule has 0 aliphatic rings. The second-order valence-corrected chi connectivity index (χ2v) is 14.2. The molecule has 53 heavy (non-hydrogen) atoms. The Morgan fingerprint density at radius 3 is 1.57 bits per heavy atom. The lowest BCUT2D eigenvalue weighted by molar-refractivity contribution is -0.161. The number of phosphoric acid groups is 1. The molecule has 0 saturated heterocycles. The van der Waals surface area contributed by atoms with Crippen molar-refractivity contribution in [3.05, 3.63) is 85.1 Å². The van der Waals surface area contributed by atoms with Gasteiger partial charge in [0.05, 0.1) is 13.2 Å². The first-order chi connectivity index (χ1) is 25.8. The van der Waals surface area contributed by atoms with E-state index >= 15 is 0 Å². The molecule has 9 nitrogen and oxygen atoms in total. The minimum absolute atomic E-state index is 0.0384. The van der Waals surface area contributed by atoms with E-state index in [4.69, 9.17) is 24.3 Å². The van der Waals surface area contributed by atoms with E-state index in [2.05, 4.69) is 98.9 Å². The highest BCUT2D eigenvalue weighted by Gasteiger charge is 2.25. The predicted molar refractivity (Wildman–Crippen MR) is 219 cm³/mol. The van der Waals surface area contributed by atoms with Gasteiger partial charge in [0.2, 0.25) is 0 Å². The number of phosphoric ester groups is 1. The lowest BCUT2D eigenvalue weighted by atomic mass is 10.1. The average Bonchev–Trinajstić information content (AvgIpc) is 3.14. The predicted octanol–water partition coefficient (Wildman–Crippen LogP) is 11.3. The average molecular weight is 762 g/mol. The summed E-state index contributed by atoms with van der Waals surface area (Å²) in [6.45, 7) is 3.48. The second kappa shape index (κ2) is 38.9. The highest BCUT2D eigenvalue weighted by molar-refractivity contribution is 7.47. The molecule has 0 aromatic rings. The molecule has 0 aromatic carbocycles. The van der Waals surface area contributed by atoms with Gasteiger partial charge in [-0.2, -0.15) is 0 Å². The van der Waals surface area contributed by atoms with E-state index in [1.807, 2.05) is 0 Å². The van der Waals surface area contributed by atoms with Crippen LogP contribution in [0.5, 0.6) is 0 Å². The van der Waals surface area contributed by atoms with Gasteiger partial charge < -0.3 is 20.1 Å². The molecule has 302 valence electrons. The van der Waals surface area contributed by atoms with Crippen LogP contribution in [0.2, 0.25) is 0 Å². The quantitative estimate of drug-likeness (QED) is 0.0277. The summed E-state index contributed by atoms with van der Waals surface area (Å²) >= 11 is 0. The molecule has 0 bridgehead atoms. The topological polar surface area (TPSA) is 134 Å². The SMILES string of the molecule is CCC=CCC=CCC=CCC=CCCCCC(=O)OC(COC(=O)CCCCCCC=CCC=CCC=CCCCCC)COP(=O)(O)OCCN. The van der Waals surface area contributed by atoms with Gasteiger partial charge in [0.15, 0.2) is 6.10 Å². The Balaban J connectivity index is 4.33. The van der Waals surface area contributed by atoms with Crippen molar-refractivity contribution < 1.29 is 37.6 Å². The van der Waals surface area contributed by atoms with Crippen molar-refractivity contribution >= 4 is 19.8 Å². The lowest BCUT2D eigenvalue weighted by Crippen LogP contribution is -2.29. The molecule has 0 saturated carbocycles. The molecule has 3 N–H and O–H groups in total. The lowest BCUT2D eigenvalue weighted by Gasteiger charge is -2.19. The standard InChI is InChI=1S/C43H72NO8P/c1-3-5-7-9-11-13-15-17-19-20-22-23-25-27-29-31-33-35-42(45)49-39-41(40-51-53(47,48)50-38-37-44)52-43(46)36-34-32-30-28-26-24-21-18-16-14-12-10-8-6-4-2/h6,8,11-14,17-19,21-23,26,28,41H,3-5,7,9-10,15-16,20,24-25,27,29-40,44H2,1-2H3,(H,47,48). The fraction of sp³-hybridized carbons (Fsp3) is 0.628. The largest absolute Gasteiger partial charge is 0.472 e. The van der Waals surface area contributed by atoms with Crippen LogP contribution in [0.3, 0.4) is 0 Å². The number of esters is 2. The molecule has 10 heteroatoms. The molecule has 0 aromatic heterocycles. The van der Waals surface area contributed by atoms with Crippen LogP contribution >= 0.6 is 7.82 Å². The van der Waals surface area contributed by atoms with E-state index in [1.165, 1.54) is 25.7 Å². The Kier molecular flexibility index (Phi) is 36.8. The summed E-state index contributed by atoms with van der Waals surface area (Å²) in [5.74, 6) is -0.913. The molecule has 0 spiro atoms. The number of ether oxygens (including phenoxy) is 2. The summed E-state index contributed by atoms with van der Waals surface area (Å²) < 4.78 is 32.6. The van der Waals surface area contributed by atoms with E-state index in [0.29, 0.717) is 12.8 Å². The summed E-state index contributed by atoms with van der Waals surface area (Å²) in [6.07, 6.45) is 47.6. The highest BCUT2D eigenvalue weighted by Crippen LogP contribution is 2.43. The second-order valence-electron chi connectivity index (χ2n) is 12.8. The summed E-state index contributed by atoms with van der Waals surface area (Å²) in [6, 6.07) is 0. The molecule has 0 rings (SSSR count). The number of unbranched alkanes of at least 4 members (excludes halogenated alkanes) is 9. The van der Waals surface area contributed by atoms with Gasteiger partial charge >= 0.3 is 19.8 Å². The fourth-order valence-corrected chi connectivity index (χ4v) is 5.57. The number of hydrogen-bond donors (Lipinski definition) is 2. The molecule has 0 radical (unpaired) electrons. The zero-order valence-electron chi connectivity index (χ0n) is 33.0. The molecule has 2 atom stereocenters. The third-order valence-electron chi connectivity index (χ3n) is 7.77. The van der Waals surface area contributed by atoms with Crippen LogP contribution < -0.4 is 5.73 Å². The van der Waals surface area contributed by atoms with E-state index in [0.717, 1.165) is 77.0 Å². The molecular formula is C43H72NO8P. The molecular weight excluding hydrogens is 689 g/mol. The number of rotatable bonds is 36. The van der Waals surface area contributed by atoms with Gasteiger partial charge in [0.1, 0.15) is 6.61 Å². The highest BCUT2D eigenvalue weighted by atomic mass is 31.2. The van der Waals surface area contributed by atoms with Crippen LogP contribution in [0.4, 0.5) is 0 Å². The Labute approximate surface area is 322 Å². The number of allylic oxidation sites excluding steroid dienone is 14. The van der Waals surface area contributed by atoms with Gasteiger partial charge in [0.25, 0.3) is 0 Å². The minimum Gasteiger partial charge on any atom is -0.462 e. The summed E-state index contributed by atoms with van der Waals surface area (Å²) in [5, 5.41) is 0. The van der Waals surface area contributed by atoms with Crippen LogP contribution in [-0.2, 0) is 32.7 Å². The number of carbonyl (C=O) groups excluding carboxylic acids is 2. The Morgan fingerprint density at radius 1 is 0.585 bits per heavy atom. The molecule has 2 unspecified atom stereocenters. The zero-order chi connectivity index (χ0) is 38.9. The summed E-state index contributed by atoms with van der Waals surface area (Å²) in [5.41, 5.74) is 5.33. The number of carbonyl (C=O) groups is 2.